The molecule has 0 saturated heterocycles. The van der Waals surface area contributed by atoms with Gasteiger partial charge in [-0.15, -0.1) is 0 Å². The van der Waals surface area contributed by atoms with E-state index >= 15 is 0 Å². The van der Waals surface area contributed by atoms with E-state index in [2.05, 4.69) is 5.32 Å². The average molecular weight is 401 g/mol. The molecule has 1 N–H and O–H groups in total. The van der Waals surface area contributed by atoms with Crippen molar-refractivity contribution in [2.45, 2.75) is 58.8 Å². The number of hydrogen-bond donors (Lipinski definition) is 1. The smallest absolute Gasteiger partial charge is 0.408 e. The molecule has 0 radical (unpaired) electrons. The molecule has 152 valence electrons. The molecule has 0 bridgehead atoms. The van der Waals surface area contributed by atoms with Crippen LogP contribution in [0.2, 0.25) is 0 Å². The fourth-order valence-corrected chi connectivity index (χ4v) is 2.51. The number of nitrogens with one attached hydrogen (secondary N) is 1. The summed E-state index contributed by atoms with van der Waals surface area (Å²) in [4.78, 5) is 24.3. The van der Waals surface area contributed by atoms with E-state index < -0.39 is 33.8 Å². The first kappa shape index (κ1) is 22.8. The van der Waals surface area contributed by atoms with Gasteiger partial charge in [0.25, 0.3) is 0 Å². The summed E-state index contributed by atoms with van der Waals surface area (Å²) in [6.45, 7) is 8.57. The maximum Gasteiger partial charge on any atom is 0.408 e. The van der Waals surface area contributed by atoms with Crippen molar-refractivity contribution in [1.29, 1.82) is 0 Å². The second kappa shape index (κ2) is 9.07. The van der Waals surface area contributed by atoms with E-state index in [1.807, 2.05) is 0 Å². The Labute approximate surface area is 160 Å². The van der Waals surface area contributed by atoms with Crippen molar-refractivity contribution in [1.82, 2.24) is 5.32 Å². The second-order valence-corrected chi connectivity index (χ2v) is 8.89. The fraction of sp³-hybridized carbons (Fsp3) is 0.556. The summed E-state index contributed by atoms with van der Waals surface area (Å²) in [5.74, 6) is -0.435. The Morgan fingerprint density at radius 2 is 1.67 bits per heavy atom. The van der Waals surface area contributed by atoms with Crippen LogP contribution in [-0.4, -0.2) is 44.5 Å². The summed E-state index contributed by atoms with van der Waals surface area (Å²) in [5.41, 5.74) is -0.0288. The highest BCUT2D eigenvalue weighted by molar-refractivity contribution is 7.86. The van der Waals surface area contributed by atoms with Crippen molar-refractivity contribution in [3.8, 4) is 5.75 Å². The van der Waals surface area contributed by atoms with Crippen LogP contribution in [0.3, 0.4) is 0 Å². The third kappa shape index (κ3) is 9.83. The van der Waals surface area contributed by atoms with E-state index in [0.717, 1.165) is 6.26 Å². The van der Waals surface area contributed by atoms with Crippen molar-refractivity contribution in [2.24, 2.45) is 0 Å². The molecular weight excluding hydrogens is 374 g/mol. The molecule has 1 aromatic rings. The topological polar surface area (TPSA) is 108 Å². The van der Waals surface area contributed by atoms with E-state index in [1.54, 1.807) is 46.8 Å². The zero-order valence-electron chi connectivity index (χ0n) is 16.4. The third-order valence-corrected chi connectivity index (χ3v) is 3.43. The predicted octanol–water partition coefficient (Wildman–Crippen LogP) is 2.41. The Balaban J connectivity index is 2.89. The monoisotopic (exact) mass is 401 g/mol. The van der Waals surface area contributed by atoms with Crippen molar-refractivity contribution in [2.75, 3.05) is 6.26 Å². The fourth-order valence-electron chi connectivity index (χ4n) is 2.05. The highest BCUT2D eigenvalue weighted by atomic mass is 32.2. The number of alkyl carbamates (subject to hydrolysis) is 1. The number of ether oxygens (including phenoxy) is 2. The lowest BCUT2D eigenvalue weighted by molar-refractivity contribution is -0.149. The van der Waals surface area contributed by atoms with Crippen molar-refractivity contribution < 1.29 is 31.7 Å². The molecule has 0 aromatic heterocycles. The lowest BCUT2D eigenvalue weighted by Crippen LogP contribution is -2.46. The van der Waals surface area contributed by atoms with Gasteiger partial charge in [0.05, 0.1) is 12.4 Å². The predicted molar refractivity (Wildman–Crippen MR) is 100 cm³/mol. The number of benzene rings is 1. The van der Waals surface area contributed by atoms with Crippen LogP contribution in [0.15, 0.2) is 24.3 Å². The van der Waals surface area contributed by atoms with E-state index in [-0.39, 0.29) is 18.3 Å². The molecule has 0 aliphatic carbocycles. The molecular formula is C18H27NO7S. The number of amides is 1. The van der Waals surface area contributed by atoms with Gasteiger partial charge in [0.15, 0.2) is 0 Å². The molecule has 1 rings (SSSR count). The maximum atomic E-state index is 12.3. The average Bonchev–Trinajstić information content (AvgIpc) is 2.44. The number of carbonyl (C=O) groups is 2. The van der Waals surface area contributed by atoms with Crippen LogP contribution in [0.1, 0.15) is 40.2 Å². The normalized spacial score (nSPS) is 13.0. The number of carbonyl (C=O) groups excluding carboxylic acids is 2. The van der Waals surface area contributed by atoms with Crippen LogP contribution in [0.5, 0.6) is 5.75 Å². The zero-order chi connectivity index (χ0) is 20.8. The standard InChI is InChI=1S/C18H27NO7S/c1-12(2)24-16(20)15(19-17(21)25-18(3,4)5)11-13-7-9-14(10-8-13)26-27(6,22)23/h7-10,12,15H,11H2,1-6H3,(H,19,21)/t15-/m0/s1. The van der Waals surface area contributed by atoms with Crippen molar-refractivity contribution >= 4 is 22.2 Å². The van der Waals surface area contributed by atoms with Gasteiger partial charge in [0.2, 0.25) is 0 Å². The summed E-state index contributed by atoms with van der Waals surface area (Å²) in [6.07, 6.45) is 0.0179. The van der Waals surface area contributed by atoms with Crippen LogP contribution in [0, 0.1) is 0 Å². The number of esters is 1. The van der Waals surface area contributed by atoms with Gasteiger partial charge in [-0.1, -0.05) is 12.1 Å². The molecule has 0 heterocycles. The Morgan fingerprint density at radius 3 is 2.11 bits per heavy atom. The summed E-state index contributed by atoms with van der Waals surface area (Å²) in [5, 5.41) is 2.52. The van der Waals surface area contributed by atoms with E-state index in [0.29, 0.717) is 5.56 Å². The molecule has 0 spiro atoms. The third-order valence-electron chi connectivity index (χ3n) is 2.94. The number of rotatable bonds is 7. The van der Waals surface area contributed by atoms with Gasteiger partial charge in [-0.25, -0.2) is 9.59 Å². The molecule has 1 atom stereocenters. The number of hydrogen-bond acceptors (Lipinski definition) is 7. The minimum atomic E-state index is -3.62. The van der Waals surface area contributed by atoms with Crippen LogP contribution in [-0.2, 0) is 30.8 Å². The minimum Gasteiger partial charge on any atom is -0.461 e. The molecule has 1 aromatic carbocycles. The first-order valence-corrected chi connectivity index (χ1v) is 10.3. The Morgan fingerprint density at radius 1 is 1.11 bits per heavy atom. The second-order valence-electron chi connectivity index (χ2n) is 7.32. The van der Waals surface area contributed by atoms with Crippen molar-refractivity contribution in [3.05, 3.63) is 29.8 Å². The molecule has 1 amide bonds. The summed E-state index contributed by atoms with van der Waals surface area (Å²) in [7, 11) is -3.62. The quantitative estimate of drug-likeness (QED) is 0.552. The molecule has 0 unspecified atom stereocenters. The molecule has 0 fully saturated rings. The SMILES string of the molecule is CC(C)OC(=O)[C@H](Cc1ccc(OS(C)(=O)=O)cc1)NC(=O)OC(C)(C)C. The first-order valence-electron chi connectivity index (χ1n) is 8.43. The van der Waals surface area contributed by atoms with E-state index in [1.165, 1.54) is 12.1 Å². The zero-order valence-corrected chi connectivity index (χ0v) is 17.3. The van der Waals surface area contributed by atoms with E-state index in [4.69, 9.17) is 13.7 Å². The van der Waals surface area contributed by atoms with Crippen LogP contribution >= 0.6 is 0 Å². The van der Waals surface area contributed by atoms with E-state index in [9.17, 15) is 18.0 Å². The van der Waals surface area contributed by atoms with Gasteiger partial charge in [-0.2, -0.15) is 8.42 Å². The molecule has 0 saturated carbocycles. The van der Waals surface area contributed by atoms with Gasteiger partial charge in [-0.05, 0) is 52.3 Å². The molecule has 0 aliphatic rings. The van der Waals surface area contributed by atoms with Crippen LogP contribution < -0.4 is 9.50 Å². The van der Waals surface area contributed by atoms with Gasteiger partial charge in [0.1, 0.15) is 17.4 Å². The summed E-state index contributed by atoms with van der Waals surface area (Å²) in [6, 6.07) is 5.19. The maximum absolute atomic E-state index is 12.3. The van der Waals surface area contributed by atoms with Crippen LogP contribution in [0.25, 0.3) is 0 Å². The summed E-state index contributed by atoms with van der Waals surface area (Å²) < 4.78 is 37.4. The minimum absolute atomic E-state index is 0.143. The lowest BCUT2D eigenvalue weighted by atomic mass is 10.1. The van der Waals surface area contributed by atoms with Gasteiger partial charge >= 0.3 is 22.2 Å². The Hall–Kier alpha value is -2.29. The molecule has 8 nitrogen and oxygen atoms in total. The Bertz CT molecular complexity index is 749. The molecule has 9 heteroatoms. The lowest BCUT2D eigenvalue weighted by Gasteiger charge is -2.23. The summed E-state index contributed by atoms with van der Waals surface area (Å²) >= 11 is 0. The first-order chi connectivity index (χ1) is 12.2. The van der Waals surface area contributed by atoms with Gasteiger partial charge in [0, 0.05) is 6.42 Å². The van der Waals surface area contributed by atoms with Gasteiger partial charge < -0.3 is 19.0 Å². The molecule has 0 aliphatic heterocycles. The molecule has 27 heavy (non-hydrogen) atoms. The van der Waals surface area contributed by atoms with Crippen molar-refractivity contribution in [3.63, 3.8) is 0 Å². The highest BCUT2D eigenvalue weighted by Gasteiger charge is 2.26. The largest absolute Gasteiger partial charge is 0.461 e. The van der Waals surface area contributed by atoms with Gasteiger partial charge in [-0.3, -0.25) is 0 Å². The highest BCUT2D eigenvalue weighted by Crippen LogP contribution is 2.16. The van der Waals surface area contributed by atoms with Crippen LogP contribution in [0.4, 0.5) is 4.79 Å². The Kier molecular flexibility index (Phi) is 7.65.